The molecule has 0 aromatic rings. The van der Waals surface area contributed by atoms with Crippen molar-refractivity contribution in [1.82, 2.24) is 10.2 Å². The lowest BCUT2D eigenvalue weighted by atomic mass is 9.92. The number of amides is 2. The van der Waals surface area contributed by atoms with Crippen LogP contribution in [0.5, 0.6) is 0 Å². The number of urea groups is 1. The Morgan fingerprint density at radius 1 is 1.32 bits per heavy atom. The van der Waals surface area contributed by atoms with Gasteiger partial charge in [0.05, 0.1) is 0 Å². The van der Waals surface area contributed by atoms with Crippen molar-refractivity contribution in [2.45, 2.75) is 70.9 Å². The summed E-state index contributed by atoms with van der Waals surface area (Å²) in [5.41, 5.74) is -1.29. The van der Waals surface area contributed by atoms with E-state index in [9.17, 15) is 14.7 Å². The first-order chi connectivity index (χ1) is 8.85. The normalized spacial score (nSPS) is 23.5. The molecule has 0 aliphatic carbocycles. The molecule has 1 aliphatic rings. The topological polar surface area (TPSA) is 69.6 Å². The Kier molecular flexibility index (Phi) is 4.82. The highest BCUT2D eigenvalue weighted by atomic mass is 16.4. The monoisotopic (exact) mass is 270 g/mol. The minimum absolute atomic E-state index is 0.243. The van der Waals surface area contributed by atoms with E-state index in [0.717, 1.165) is 19.3 Å². The summed E-state index contributed by atoms with van der Waals surface area (Å²) in [6.07, 6.45) is 3.40. The van der Waals surface area contributed by atoms with Crippen molar-refractivity contribution in [3.63, 3.8) is 0 Å². The van der Waals surface area contributed by atoms with Crippen molar-refractivity contribution in [3.05, 3.63) is 0 Å². The first-order valence-electron chi connectivity index (χ1n) is 7.18. The van der Waals surface area contributed by atoms with Gasteiger partial charge >= 0.3 is 12.0 Å². The third-order valence-corrected chi connectivity index (χ3v) is 4.69. The summed E-state index contributed by atoms with van der Waals surface area (Å²) in [5.74, 6) is -0.891. The van der Waals surface area contributed by atoms with E-state index in [4.69, 9.17) is 0 Å². The number of aliphatic carboxylic acids is 1. The largest absolute Gasteiger partial charge is 0.479 e. The second kappa shape index (κ2) is 5.80. The maximum absolute atomic E-state index is 12.4. The molecule has 0 spiro atoms. The molecule has 1 fully saturated rings. The van der Waals surface area contributed by atoms with Gasteiger partial charge in [-0.05, 0) is 39.0 Å². The van der Waals surface area contributed by atoms with Crippen molar-refractivity contribution in [1.29, 1.82) is 0 Å². The van der Waals surface area contributed by atoms with E-state index in [1.807, 2.05) is 27.7 Å². The van der Waals surface area contributed by atoms with Gasteiger partial charge < -0.3 is 15.3 Å². The fourth-order valence-corrected chi connectivity index (χ4v) is 2.67. The van der Waals surface area contributed by atoms with E-state index >= 15 is 0 Å². The van der Waals surface area contributed by atoms with Gasteiger partial charge in [0, 0.05) is 12.1 Å². The molecule has 1 saturated heterocycles. The minimum Gasteiger partial charge on any atom is -0.479 e. The highest BCUT2D eigenvalue weighted by Gasteiger charge is 2.49. The summed E-state index contributed by atoms with van der Waals surface area (Å²) >= 11 is 0. The van der Waals surface area contributed by atoms with Gasteiger partial charge in [-0.15, -0.1) is 0 Å². The molecule has 5 heteroatoms. The molecule has 19 heavy (non-hydrogen) atoms. The zero-order chi connectivity index (χ0) is 14.7. The summed E-state index contributed by atoms with van der Waals surface area (Å²) in [4.78, 5) is 25.5. The van der Waals surface area contributed by atoms with Gasteiger partial charge in [0.15, 0.2) is 0 Å². The summed E-state index contributed by atoms with van der Waals surface area (Å²) in [6, 6.07) is -0.243. The lowest BCUT2D eigenvalue weighted by Crippen LogP contribution is -2.59. The van der Waals surface area contributed by atoms with Crippen LogP contribution in [-0.4, -0.2) is 39.6 Å². The van der Waals surface area contributed by atoms with Gasteiger partial charge in [-0.3, -0.25) is 0 Å². The number of carbonyl (C=O) groups excluding carboxylic acids is 1. The molecule has 2 N–H and O–H groups in total. The average Bonchev–Trinajstić information content (AvgIpc) is 2.83. The molecule has 0 radical (unpaired) electrons. The first-order valence-corrected chi connectivity index (χ1v) is 7.18. The Morgan fingerprint density at radius 3 is 2.32 bits per heavy atom. The molecule has 0 saturated carbocycles. The van der Waals surface area contributed by atoms with Gasteiger partial charge in [-0.25, -0.2) is 9.59 Å². The standard InChI is InChI=1S/C14H26N2O3/c1-5-13(4,6-2)15-12(19)16-10-8-9-14(16,7-3)11(17)18/h5-10H2,1-4H3,(H,15,19)(H,17,18). The zero-order valence-electron chi connectivity index (χ0n) is 12.5. The van der Waals surface area contributed by atoms with Crippen LogP contribution in [0.3, 0.4) is 0 Å². The summed E-state index contributed by atoms with van der Waals surface area (Å²) in [7, 11) is 0. The van der Waals surface area contributed by atoms with Crippen molar-refractivity contribution < 1.29 is 14.7 Å². The van der Waals surface area contributed by atoms with Crippen LogP contribution in [0.4, 0.5) is 4.79 Å². The smallest absolute Gasteiger partial charge is 0.329 e. The summed E-state index contributed by atoms with van der Waals surface area (Å²) in [5, 5.41) is 12.5. The van der Waals surface area contributed by atoms with Crippen LogP contribution < -0.4 is 5.32 Å². The predicted molar refractivity (Wildman–Crippen MR) is 74.1 cm³/mol. The van der Waals surface area contributed by atoms with E-state index in [2.05, 4.69) is 5.32 Å². The summed E-state index contributed by atoms with van der Waals surface area (Å²) in [6.45, 7) is 8.40. The second-order valence-corrected chi connectivity index (χ2v) is 5.64. The molecular weight excluding hydrogens is 244 g/mol. The van der Waals surface area contributed by atoms with E-state index in [0.29, 0.717) is 19.4 Å². The van der Waals surface area contributed by atoms with Crippen LogP contribution in [0.2, 0.25) is 0 Å². The molecule has 1 rings (SSSR count). The maximum Gasteiger partial charge on any atom is 0.329 e. The third kappa shape index (κ3) is 2.85. The third-order valence-electron chi connectivity index (χ3n) is 4.69. The van der Waals surface area contributed by atoms with Crippen LogP contribution in [0, 0.1) is 0 Å². The Labute approximate surface area is 115 Å². The van der Waals surface area contributed by atoms with E-state index in [1.54, 1.807) is 0 Å². The Balaban J connectivity index is 2.89. The lowest BCUT2D eigenvalue weighted by Gasteiger charge is -2.37. The minimum atomic E-state index is -1.02. The fourth-order valence-electron chi connectivity index (χ4n) is 2.67. The van der Waals surface area contributed by atoms with Gasteiger partial charge in [0.1, 0.15) is 5.54 Å². The summed E-state index contributed by atoms with van der Waals surface area (Å²) < 4.78 is 0. The molecule has 1 unspecified atom stereocenters. The molecule has 0 aromatic heterocycles. The van der Waals surface area contributed by atoms with E-state index < -0.39 is 11.5 Å². The van der Waals surface area contributed by atoms with Crippen molar-refractivity contribution >= 4 is 12.0 Å². The number of nitrogens with zero attached hydrogens (tertiary/aromatic N) is 1. The Bertz CT molecular complexity index is 353. The number of carbonyl (C=O) groups is 2. The van der Waals surface area contributed by atoms with Gasteiger partial charge in [-0.2, -0.15) is 0 Å². The number of nitrogens with one attached hydrogen (secondary N) is 1. The average molecular weight is 270 g/mol. The highest BCUT2D eigenvalue weighted by Crippen LogP contribution is 2.33. The second-order valence-electron chi connectivity index (χ2n) is 5.64. The number of likely N-dealkylation sites (tertiary alicyclic amines) is 1. The van der Waals surface area contributed by atoms with Crippen molar-refractivity contribution in [3.8, 4) is 0 Å². The zero-order valence-corrected chi connectivity index (χ0v) is 12.5. The molecule has 1 aliphatic heterocycles. The molecule has 0 bridgehead atoms. The fraction of sp³-hybridized carbons (Fsp3) is 0.857. The van der Waals surface area contributed by atoms with E-state index in [-0.39, 0.29) is 11.6 Å². The number of carboxylic acid groups (broad SMARTS) is 1. The molecule has 2 amide bonds. The molecule has 1 atom stereocenters. The predicted octanol–water partition coefficient (Wildman–Crippen LogP) is 2.60. The van der Waals surface area contributed by atoms with E-state index in [1.165, 1.54) is 4.90 Å². The van der Waals surface area contributed by atoms with Crippen LogP contribution in [0.25, 0.3) is 0 Å². The van der Waals surface area contributed by atoms with Gasteiger partial charge in [0.2, 0.25) is 0 Å². The van der Waals surface area contributed by atoms with Crippen LogP contribution in [0.1, 0.15) is 59.8 Å². The van der Waals surface area contributed by atoms with Gasteiger partial charge in [0.25, 0.3) is 0 Å². The Morgan fingerprint density at radius 2 is 1.89 bits per heavy atom. The molecule has 0 aromatic carbocycles. The quantitative estimate of drug-likeness (QED) is 0.806. The number of rotatable bonds is 5. The van der Waals surface area contributed by atoms with Crippen molar-refractivity contribution in [2.75, 3.05) is 6.54 Å². The van der Waals surface area contributed by atoms with Gasteiger partial charge in [-0.1, -0.05) is 20.8 Å². The molecule has 5 nitrogen and oxygen atoms in total. The SMILES string of the molecule is CCC(C)(CC)NC(=O)N1CCCC1(CC)C(=O)O. The maximum atomic E-state index is 12.4. The highest BCUT2D eigenvalue weighted by molar-refractivity contribution is 5.87. The molecule has 110 valence electrons. The van der Waals surface area contributed by atoms with Crippen LogP contribution in [0.15, 0.2) is 0 Å². The van der Waals surface area contributed by atoms with Crippen LogP contribution >= 0.6 is 0 Å². The number of carboxylic acids is 1. The number of hydrogen-bond donors (Lipinski definition) is 2. The van der Waals surface area contributed by atoms with Crippen molar-refractivity contribution in [2.24, 2.45) is 0 Å². The first kappa shape index (κ1) is 15.8. The lowest BCUT2D eigenvalue weighted by molar-refractivity contribution is -0.148. The number of hydrogen-bond acceptors (Lipinski definition) is 2. The molecular formula is C14H26N2O3. The Hall–Kier alpha value is -1.26. The molecule has 1 heterocycles. The van der Waals surface area contributed by atoms with Crippen LogP contribution in [-0.2, 0) is 4.79 Å².